The van der Waals surface area contributed by atoms with E-state index in [-0.39, 0.29) is 30.6 Å². The normalized spacial score (nSPS) is 21.0. The number of amides is 1. The molecule has 0 spiro atoms. The number of nitrogens with one attached hydrogen (secondary N) is 1. The highest BCUT2D eigenvalue weighted by molar-refractivity contribution is 6.32. The Morgan fingerprint density at radius 2 is 2.25 bits per heavy atom. The number of para-hydroxylation sites is 1. The summed E-state index contributed by atoms with van der Waals surface area (Å²) < 4.78 is 7.18. The molecule has 1 aliphatic rings. The van der Waals surface area contributed by atoms with Crippen molar-refractivity contribution in [1.29, 1.82) is 0 Å². The van der Waals surface area contributed by atoms with Crippen molar-refractivity contribution in [1.82, 2.24) is 15.1 Å². The molecule has 0 aliphatic heterocycles. The van der Waals surface area contributed by atoms with Crippen LogP contribution in [-0.4, -0.2) is 33.5 Å². The summed E-state index contributed by atoms with van der Waals surface area (Å²) in [6.07, 6.45) is 4.68. The molecule has 0 saturated heterocycles. The van der Waals surface area contributed by atoms with Gasteiger partial charge in [0, 0.05) is 18.8 Å². The molecule has 1 aromatic carbocycles. The molecular formula is C17H20ClN3O3. The van der Waals surface area contributed by atoms with E-state index in [9.17, 15) is 9.90 Å². The van der Waals surface area contributed by atoms with Gasteiger partial charge in [0.2, 0.25) is 0 Å². The quantitative estimate of drug-likeness (QED) is 0.837. The third-order valence-electron chi connectivity index (χ3n) is 4.22. The standard InChI is InChI=1S/C17H20ClN3O3/c1-21-9-12(8-19-21)17(11-6-13(22)7-11)20-16(23)10-24-15-5-3-2-4-14(15)18/h2-5,8-9,11,13,17,22H,6-7,10H2,1H3,(H,20,23). The maximum Gasteiger partial charge on any atom is 0.258 e. The van der Waals surface area contributed by atoms with E-state index in [1.807, 2.05) is 13.2 Å². The number of carbonyl (C=O) groups is 1. The molecule has 0 bridgehead atoms. The van der Waals surface area contributed by atoms with Gasteiger partial charge in [-0.15, -0.1) is 0 Å². The first-order valence-electron chi connectivity index (χ1n) is 7.86. The van der Waals surface area contributed by atoms with Crippen molar-refractivity contribution in [3.8, 4) is 5.75 Å². The van der Waals surface area contributed by atoms with E-state index >= 15 is 0 Å². The third-order valence-corrected chi connectivity index (χ3v) is 4.53. The minimum absolute atomic E-state index is 0.115. The summed E-state index contributed by atoms with van der Waals surface area (Å²) in [5, 5.41) is 17.2. The van der Waals surface area contributed by atoms with Crippen molar-refractivity contribution in [3.63, 3.8) is 0 Å². The molecule has 1 aromatic heterocycles. The number of ether oxygens (including phenoxy) is 1. The highest BCUT2D eigenvalue weighted by Gasteiger charge is 2.36. The fraction of sp³-hybridized carbons (Fsp3) is 0.412. The predicted octanol–water partition coefficient (Wildman–Crippen LogP) is 2.08. The second kappa shape index (κ2) is 7.23. The van der Waals surface area contributed by atoms with Crippen molar-refractivity contribution in [2.24, 2.45) is 13.0 Å². The summed E-state index contributed by atoms with van der Waals surface area (Å²) in [6.45, 7) is -0.115. The van der Waals surface area contributed by atoms with Crippen molar-refractivity contribution in [3.05, 3.63) is 47.2 Å². The van der Waals surface area contributed by atoms with Gasteiger partial charge >= 0.3 is 0 Å². The lowest BCUT2D eigenvalue weighted by molar-refractivity contribution is -0.125. The van der Waals surface area contributed by atoms with Crippen LogP contribution in [0, 0.1) is 5.92 Å². The number of carbonyl (C=O) groups excluding carboxylic acids is 1. The molecule has 1 fully saturated rings. The summed E-state index contributed by atoms with van der Waals surface area (Å²) in [5.74, 6) is 0.449. The summed E-state index contributed by atoms with van der Waals surface area (Å²) in [7, 11) is 1.83. The molecule has 1 saturated carbocycles. The molecule has 2 N–H and O–H groups in total. The summed E-state index contributed by atoms with van der Waals surface area (Å²) in [5.41, 5.74) is 0.931. The van der Waals surface area contributed by atoms with Crippen molar-refractivity contribution in [2.75, 3.05) is 6.61 Å². The van der Waals surface area contributed by atoms with Gasteiger partial charge in [-0.25, -0.2) is 0 Å². The largest absolute Gasteiger partial charge is 0.482 e. The van der Waals surface area contributed by atoms with E-state index < -0.39 is 0 Å². The number of nitrogens with zero attached hydrogens (tertiary/aromatic N) is 2. The van der Waals surface area contributed by atoms with Crippen molar-refractivity contribution < 1.29 is 14.6 Å². The zero-order valence-corrected chi connectivity index (χ0v) is 14.1. The first-order valence-corrected chi connectivity index (χ1v) is 8.24. The van der Waals surface area contributed by atoms with Crippen LogP contribution in [0.4, 0.5) is 0 Å². The Balaban J connectivity index is 1.62. The van der Waals surface area contributed by atoms with Gasteiger partial charge in [-0.2, -0.15) is 5.10 Å². The molecule has 1 atom stereocenters. The van der Waals surface area contributed by atoms with E-state index in [4.69, 9.17) is 16.3 Å². The molecule has 0 radical (unpaired) electrons. The predicted molar refractivity (Wildman–Crippen MR) is 89.8 cm³/mol. The van der Waals surface area contributed by atoms with Crippen LogP contribution in [-0.2, 0) is 11.8 Å². The Kier molecular flexibility index (Phi) is 5.06. The van der Waals surface area contributed by atoms with Gasteiger partial charge in [0.25, 0.3) is 5.91 Å². The third kappa shape index (κ3) is 3.88. The van der Waals surface area contributed by atoms with Gasteiger partial charge in [-0.1, -0.05) is 23.7 Å². The van der Waals surface area contributed by atoms with Crippen LogP contribution in [0.5, 0.6) is 5.75 Å². The van der Waals surface area contributed by atoms with Crippen LogP contribution in [0.15, 0.2) is 36.7 Å². The summed E-state index contributed by atoms with van der Waals surface area (Å²) in [6, 6.07) is 6.85. The number of rotatable bonds is 6. The molecule has 1 heterocycles. The first kappa shape index (κ1) is 16.8. The molecule has 2 aromatic rings. The van der Waals surface area contributed by atoms with E-state index in [0.717, 1.165) is 5.56 Å². The number of halogens is 1. The van der Waals surface area contributed by atoms with Crippen LogP contribution in [0.25, 0.3) is 0 Å². The fourth-order valence-electron chi connectivity index (χ4n) is 2.90. The summed E-state index contributed by atoms with van der Waals surface area (Å²) >= 11 is 6.01. The van der Waals surface area contributed by atoms with Crippen LogP contribution < -0.4 is 10.1 Å². The Morgan fingerprint density at radius 1 is 1.50 bits per heavy atom. The van der Waals surface area contributed by atoms with Gasteiger partial charge in [0.05, 0.1) is 23.4 Å². The Hall–Kier alpha value is -2.05. The maximum atomic E-state index is 12.3. The minimum atomic E-state index is -0.287. The molecule has 3 rings (SSSR count). The number of aryl methyl sites for hydroxylation is 1. The zero-order chi connectivity index (χ0) is 17.1. The van der Waals surface area contributed by atoms with Gasteiger partial charge in [0.1, 0.15) is 5.75 Å². The smallest absolute Gasteiger partial charge is 0.258 e. The van der Waals surface area contributed by atoms with Gasteiger partial charge in [0.15, 0.2) is 6.61 Å². The number of aromatic nitrogens is 2. The van der Waals surface area contributed by atoms with Crippen LogP contribution in [0.2, 0.25) is 5.02 Å². The van der Waals surface area contributed by atoms with Gasteiger partial charge in [-0.05, 0) is 30.9 Å². The number of hydrogen-bond donors (Lipinski definition) is 2. The molecule has 24 heavy (non-hydrogen) atoms. The second-order valence-corrected chi connectivity index (χ2v) is 6.50. The average Bonchev–Trinajstić information content (AvgIpc) is 2.95. The van der Waals surface area contributed by atoms with E-state index in [1.54, 1.807) is 35.1 Å². The Morgan fingerprint density at radius 3 is 2.88 bits per heavy atom. The lowest BCUT2D eigenvalue weighted by atomic mass is 9.75. The van der Waals surface area contributed by atoms with E-state index in [1.165, 1.54) is 0 Å². The lowest BCUT2D eigenvalue weighted by Crippen LogP contribution is -2.42. The number of benzene rings is 1. The molecule has 6 nitrogen and oxygen atoms in total. The highest BCUT2D eigenvalue weighted by atomic mass is 35.5. The van der Waals surface area contributed by atoms with Crippen molar-refractivity contribution in [2.45, 2.75) is 25.0 Å². The molecule has 1 amide bonds. The van der Waals surface area contributed by atoms with E-state index in [0.29, 0.717) is 23.6 Å². The fourth-order valence-corrected chi connectivity index (χ4v) is 3.09. The highest BCUT2D eigenvalue weighted by Crippen LogP contribution is 2.37. The average molecular weight is 350 g/mol. The number of hydrogen-bond acceptors (Lipinski definition) is 4. The molecule has 128 valence electrons. The minimum Gasteiger partial charge on any atom is -0.482 e. The number of aliphatic hydroxyl groups is 1. The molecule has 1 unspecified atom stereocenters. The maximum absolute atomic E-state index is 12.3. The van der Waals surface area contributed by atoms with Gasteiger partial charge in [-0.3, -0.25) is 9.48 Å². The monoisotopic (exact) mass is 349 g/mol. The number of aliphatic hydroxyl groups excluding tert-OH is 1. The Labute approximate surface area is 145 Å². The molecular weight excluding hydrogens is 330 g/mol. The first-order chi connectivity index (χ1) is 11.5. The van der Waals surface area contributed by atoms with Crippen molar-refractivity contribution >= 4 is 17.5 Å². The SMILES string of the molecule is Cn1cc(C(NC(=O)COc2ccccc2Cl)C2CC(O)C2)cn1. The van der Waals surface area contributed by atoms with E-state index in [2.05, 4.69) is 10.4 Å². The lowest BCUT2D eigenvalue weighted by Gasteiger charge is -2.37. The van der Waals surface area contributed by atoms with Gasteiger partial charge < -0.3 is 15.2 Å². The summed E-state index contributed by atoms with van der Waals surface area (Å²) in [4.78, 5) is 12.3. The zero-order valence-electron chi connectivity index (χ0n) is 13.4. The van der Waals surface area contributed by atoms with Crippen LogP contribution in [0.3, 0.4) is 0 Å². The van der Waals surface area contributed by atoms with Crippen LogP contribution in [0.1, 0.15) is 24.4 Å². The van der Waals surface area contributed by atoms with Crippen LogP contribution >= 0.6 is 11.6 Å². The molecule has 7 heteroatoms. The Bertz CT molecular complexity index is 713. The topological polar surface area (TPSA) is 76.4 Å². The molecule has 1 aliphatic carbocycles. The second-order valence-electron chi connectivity index (χ2n) is 6.10.